The molecule has 14 heavy (non-hydrogen) atoms. The van der Waals surface area contributed by atoms with Gasteiger partial charge in [0, 0.05) is 12.8 Å². The van der Waals surface area contributed by atoms with Gasteiger partial charge in [-0.25, -0.2) is 0 Å². The Morgan fingerprint density at radius 1 is 1.50 bits per heavy atom. The van der Waals surface area contributed by atoms with E-state index in [9.17, 15) is 4.79 Å². The van der Waals surface area contributed by atoms with Crippen LogP contribution in [0.15, 0.2) is 18.2 Å². The molecule has 0 bridgehead atoms. The molecular formula is C11H12O3. The van der Waals surface area contributed by atoms with E-state index in [0.717, 1.165) is 24.3 Å². The minimum Gasteiger partial charge on any atom is -0.493 e. The topological polar surface area (TPSA) is 46.5 Å². The van der Waals surface area contributed by atoms with E-state index in [1.54, 1.807) is 0 Å². The molecule has 0 fully saturated rings. The molecule has 1 aromatic rings. The van der Waals surface area contributed by atoms with Crippen molar-refractivity contribution in [3.63, 3.8) is 0 Å². The van der Waals surface area contributed by atoms with Gasteiger partial charge in [0.25, 0.3) is 0 Å². The Balaban J connectivity index is 2.09. The maximum Gasteiger partial charge on any atom is 0.303 e. The van der Waals surface area contributed by atoms with Crippen molar-refractivity contribution in [1.82, 2.24) is 0 Å². The van der Waals surface area contributed by atoms with Gasteiger partial charge in [-0.1, -0.05) is 12.1 Å². The summed E-state index contributed by atoms with van der Waals surface area (Å²) in [6.45, 7) is 0.748. The number of carboxylic acids is 1. The van der Waals surface area contributed by atoms with Gasteiger partial charge >= 0.3 is 5.97 Å². The molecule has 0 radical (unpaired) electrons. The van der Waals surface area contributed by atoms with Crippen LogP contribution in [0.4, 0.5) is 0 Å². The van der Waals surface area contributed by atoms with Crippen LogP contribution >= 0.6 is 0 Å². The van der Waals surface area contributed by atoms with E-state index in [1.165, 1.54) is 5.56 Å². The zero-order valence-corrected chi connectivity index (χ0v) is 7.82. The normalized spacial score (nSPS) is 13.4. The number of carboxylic acid groups (broad SMARTS) is 1. The van der Waals surface area contributed by atoms with Gasteiger partial charge in [0.2, 0.25) is 0 Å². The summed E-state index contributed by atoms with van der Waals surface area (Å²) in [6, 6.07) is 5.91. The Morgan fingerprint density at radius 3 is 3.14 bits per heavy atom. The third kappa shape index (κ3) is 1.87. The summed E-state index contributed by atoms with van der Waals surface area (Å²) in [5.74, 6) is 0.200. The third-order valence-corrected chi connectivity index (χ3v) is 2.38. The van der Waals surface area contributed by atoms with Crippen LogP contribution in [0.5, 0.6) is 5.75 Å². The molecule has 0 saturated heterocycles. The first-order valence-electron chi connectivity index (χ1n) is 4.72. The van der Waals surface area contributed by atoms with Crippen molar-refractivity contribution in [2.45, 2.75) is 19.3 Å². The van der Waals surface area contributed by atoms with Crippen molar-refractivity contribution in [2.24, 2.45) is 0 Å². The SMILES string of the molecule is O=C(O)CCc1ccc2c(c1)CCO2. The lowest BCUT2D eigenvalue weighted by Gasteiger charge is -2.02. The molecule has 0 unspecified atom stereocenters. The molecule has 1 N–H and O–H groups in total. The molecule has 74 valence electrons. The minimum absolute atomic E-state index is 0.194. The minimum atomic E-state index is -0.748. The van der Waals surface area contributed by atoms with Crippen molar-refractivity contribution < 1.29 is 14.6 Å². The van der Waals surface area contributed by atoms with Crippen LogP contribution in [-0.2, 0) is 17.6 Å². The smallest absolute Gasteiger partial charge is 0.303 e. The zero-order valence-electron chi connectivity index (χ0n) is 7.82. The largest absolute Gasteiger partial charge is 0.493 e. The second-order valence-electron chi connectivity index (χ2n) is 3.43. The van der Waals surface area contributed by atoms with Crippen molar-refractivity contribution in [3.8, 4) is 5.75 Å². The van der Waals surface area contributed by atoms with Crippen molar-refractivity contribution in [3.05, 3.63) is 29.3 Å². The Bertz CT molecular complexity index is 358. The van der Waals surface area contributed by atoms with E-state index in [0.29, 0.717) is 6.42 Å². The van der Waals surface area contributed by atoms with Crippen molar-refractivity contribution in [1.29, 1.82) is 0 Å². The quantitative estimate of drug-likeness (QED) is 0.791. The number of rotatable bonds is 3. The molecule has 0 saturated carbocycles. The van der Waals surface area contributed by atoms with Crippen LogP contribution in [0.2, 0.25) is 0 Å². The lowest BCUT2D eigenvalue weighted by Crippen LogP contribution is -1.97. The molecule has 2 rings (SSSR count). The molecule has 0 spiro atoms. The fraction of sp³-hybridized carbons (Fsp3) is 0.364. The molecule has 0 aliphatic carbocycles. The van der Waals surface area contributed by atoms with Gasteiger partial charge in [-0.05, 0) is 23.6 Å². The highest BCUT2D eigenvalue weighted by Gasteiger charge is 2.11. The average molecular weight is 192 g/mol. The fourth-order valence-electron chi connectivity index (χ4n) is 1.65. The molecule has 1 aromatic carbocycles. The highest BCUT2D eigenvalue weighted by atomic mass is 16.5. The van der Waals surface area contributed by atoms with Crippen LogP contribution in [0.1, 0.15) is 17.5 Å². The van der Waals surface area contributed by atoms with E-state index in [1.807, 2.05) is 18.2 Å². The van der Waals surface area contributed by atoms with E-state index >= 15 is 0 Å². The molecule has 1 aliphatic rings. The Morgan fingerprint density at radius 2 is 2.36 bits per heavy atom. The number of hydrogen-bond donors (Lipinski definition) is 1. The summed E-state index contributed by atoms with van der Waals surface area (Å²) in [5.41, 5.74) is 2.28. The maximum atomic E-state index is 10.4. The molecule has 0 amide bonds. The molecule has 1 aliphatic heterocycles. The van der Waals surface area contributed by atoms with Crippen molar-refractivity contribution in [2.75, 3.05) is 6.61 Å². The van der Waals surface area contributed by atoms with Crippen LogP contribution in [0, 0.1) is 0 Å². The van der Waals surface area contributed by atoms with Gasteiger partial charge in [-0.3, -0.25) is 4.79 Å². The van der Waals surface area contributed by atoms with Crippen LogP contribution < -0.4 is 4.74 Å². The standard InChI is InChI=1S/C11H12O3/c12-11(13)4-2-8-1-3-10-9(7-8)5-6-14-10/h1,3,7H,2,4-6H2,(H,12,13). The van der Waals surface area contributed by atoms with E-state index in [-0.39, 0.29) is 6.42 Å². The fourth-order valence-corrected chi connectivity index (χ4v) is 1.65. The summed E-state index contributed by atoms with van der Waals surface area (Å²) < 4.78 is 5.36. The second kappa shape index (κ2) is 3.70. The van der Waals surface area contributed by atoms with Crippen LogP contribution in [-0.4, -0.2) is 17.7 Å². The lowest BCUT2D eigenvalue weighted by molar-refractivity contribution is -0.136. The number of fused-ring (bicyclic) bond motifs is 1. The average Bonchev–Trinajstić information content (AvgIpc) is 2.61. The van der Waals surface area contributed by atoms with Gasteiger partial charge in [0.05, 0.1) is 6.61 Å². The molecule has 3 heteroatoms. The van der Waals surface area contributed by atoms with E-state index < -0.39 is 5.97 Å². The number of ether oxygens (including phenoxy) is 1. The van der Waals surface area contributed by atoms with Gasteiger partial charge in [-0.15, -0.1) is 0 Å². The Hall–Kier alpha value is -1.51. The first-order chi connectivity index (χ1) is 6.75. The number of benzene rings is 1. The molecule has 0 aromatic heterocycles. The van der Waals surface area contributed by atoms with Gasteiger partial charge in [0.1, 0.15) is 5.75 Å². The first-order valence-corrected chi connectivity index (χ1v) is 4.72. The van der Waals surface area contributed by atoms with E-state index in [2.05, 4.69) is 0 Å². The van der Waals surface area contributed by atoms with Crippen molar-refractivity contribution >= 4 is 5.97 Å². The van der Waals surface area contributed by atoms with E-state index in [4.69, 9.17) is 9.84 Å². The van der Waals surface area contributed by atoms with Gasteiger partial charge < -0.3 is 9.84 Å². The summed E-state index contributed by atoms with van der Waals surface area (Å²) in [5, 5.41) is 8.54. The Kier molecular flexibility index (Phi) is 2.39. The Labute approximate surface area is 82.3 Å². The number of hydrogen-bond acceptors (Lipinski definition) is 2. The first kappa shape index (κ1) is 9.06. The summed E-state index contributed by atoms with van der Waals surface area (Å²) in [6.07, 6.45) is 1.73. The number of carbonyl (C=O) groups is 1. The predicted octanol–water partition coefficient (Wildman–Crippen LogP) is 1.64. The molecule has 0 atom stereocenters. The molecular weight excluding hydrogens is 180 g/mol. The second-order valence-corrected chi connectivity index (χ2v) is 3.43. The number of aliphatic carboxylic acids is 1. The van der Waals surface area contributed by atoms with Gasteiger partial charge in [-0.2, -0.15) is 0 Å². The lowest BCUT2D eigenvalue weighted by atomic mass is 10.1. The highest BCUT2D eigenvalue weighted by molar-refractivity contribution is 5.67. The third-order valence-electron chi connectivity index (χ3n) is 2.38. The predicted molar refractivity (Wildman–Crippen MR) is 51.6 cm³/mol. The zero-order chi connectivity index (χ0) is 9.97. The number of aryl methyl sites for hydroxylation is 1. The highest BCUT2D eigenvalue weighted by Crippen LogP contribution is 2.26. The van der Waals surface area contributed by atoms with Crippen LogP contribution in [0.3, 0.4) is 0 Å². The monoisotopic (exact) mass is 192 g/mol. The molecule has 1 heterocycles. The maximum absolute atomic E-state index is 10.4. The van der Waals surface area contributed by atoms with Crippen LogP contribution in [0.25, 0.3) is 0 Å². The molecule has 3 nitrogen and oxygen atoms in total. The summed E-state index contributed by atoms with van der Waals surface area (Å²) in [7, 11) is 0. The summed E-state index contributed by atoms with van der Waals surface area (Å²) in [4.78, 5) is 10.4. The van der Waals surface area contributed by atoms with Gasteiger partial charge in [0.15, 0.2) is 0 Å². The summed E-state index contributed by atoms with van der Waals surface area (Å²) >= 11 is 0.